The number of carbonyl (C=O) groups is 1. The Labute approximate surface area is 143 Å². The molecule has 0 bridgehead atoms. The van der Waals surface area contributed by atoms with E-state index >= 15 is 0 Å². The maximum atomic E-state index is 13.7. The van der Waals surface area contributed by atoms with E-state index in [2.05, 4.69) is 10.5 Å². The van der Waals surface area contributed by atoms with Crippen molar-refractivity contribution in [3.05, 3.63) is 77.5 Å². The van der Waals surface area contributed by atoms with Crippen molar-refractivity contribution in [2.75, 3.05) is 6.54 Å². The fourth-order valence-corrected chi connectivity index (χ4v) is 2.43. The van der Waals surface area contributed by atoms with E-state index in [4.69, 9.17) is 4.52 Å². The van der Waals surface area contributed by atoms with Crippen LogP contribution in [0.1, 0.15) is 11.3 Å². The highest BCUT2D eigenvalue weighted by Crippen LogP contribution is 2.24. The number of nitrogens with one attached hydrogen (secondary N) is 1. The average molecular weight is 342 g/mol. The molecule has 0 spiro atoms. The van der Waals surface area contributed by atoms with Crippen LogP contribution >= 0.6 is 0 Å². The molecular formula is C19H16F2N2O2. The number of nitrogens with zero attached hydrogens (tertiary/aromatic N) is 1. The quantitative estimate of drug-likeness (QED) is 0.746. The molecule has 6 heteroatoms. The number of aromatic nitrogens is 1. The van der Waals surface area contributed by atoms with Crippen LogP contribution in [0.3, 0.4) is 0 Å². The van der Waals surface area contributed by atoms with E-state index < -0.39 is 11.6 Å². The van der Waals surface area contributed by atoms with Crippen LogP contribution < -0.4 is 5.32 Å². The Hall–Kier alpha value is -3.02. The Morgan fingerprint density at radius 1 is 1.08 bits per heavy atom. The zero-order chi connectivity index (χ0) is 17.6. The molecule has 4 nitrogen and oxygen atoms in total. The Balaban J connectivity index is 1.55. The highest BCUT2D eigenvalue weighted by atomic mass is 19.1. The highest BCUT2D eigenvalue weighted by molar-refractivity contribution is 5.78. The highest BCUT2D eigenvalue weighted by Gasteiger charge is 2.14. The largest absolute Gasteiger partial charge is 0.356 e. The fourth-order valence-electron chi connectivity index (χ4n) is 2.43. The summed E-state index contributed by atoms with van der Waals surface area (Å²) < 4.78 is 31.7. The second kappa shape index (κ2) is 7.70. The van der Waals surface area contributed by atoms with Crippen LogP contribution in [-0.2, 0) is 17.6 Å². The van der Waals surface area contributed by atoms with Gasteiger partial charge in [-0.05, 0) is 24.1 Å². The molecule has 0 saturated carbocycles. The van der Waals surface area contributed by atoms with E-state index in [0.717, 1.165) is 24.1 Å². The predicted octanol–water partition coefficient (Wildman–Crippen LogP) is 3.52. The van der Waals surface area contributed by atoms with Crippen LogP contribution in [0, 0.1) is 11.6 Å². The molecule has 0 saturated heterocycles. The number of hydrogen-bond acceptors (Lipinski definition) is 3. The van der Waals surface area contributed by atoms with Gasteiger partial charge in [0.1, 0.15) is 11.6 Å². The van der Waals surface area contributed by atoms with Crippen molar-refractivity contribution in [1.29, 1.82) is 0 Å². The second-order valence-corrected chi connectivity index (χ2v) is 5.57. The van der Waals surface area contributed by atoms with Gasteiger partial charge >= 0.3 is 0 Å². The lowest BCUT2D eigenvalue weighted by Gasteiger charge is -2.03. The smallest absolute Gasteiger partial charge is 0.226 e. The molecule has 0 radical (unpaired) electrons. The van der Waals surface area contributed by atoms with Crippen molar-refractivity contribution >= 4 is 5.91 Å². The number of hydrogen-bond donors (Lipinski definition) is 1. The van der Waals surface area contributed by atoms with E-state index in [1.165, 1.54) is 12.1 Å². The monoisotopic (exact) mass is 342 g/mol. The minimum Gasteiger partial charge on any atom is -0.356 e. The molecule has 1 N–H and O–H groups in total. The van der Waals surface area contributed by atoms with Gasteiger partial charge in [0.15, 0.2) is 5.76 Å². The van der Waals surface area contributed by atoms with Gasteiger partial charge in [-0.3, -0.25) is 4.79 Å². The molecule has 1 aromatic heterocycles. The third-order valence-corrected chi connectivity index (χ3v) is 3.68. The van der Waals surface area contributed by atoms with Gasteiger partial charge < -0.3 is 9.84 Å². The van der Waals surface area contributed by atoms with Gasteiger partial charge in [-0.25, -0.2) is 8.78 Å². The van der Waals surface area contributed by atoms with Crippen LogP contribution in [0.4, 0.5) is 8.78 Å². The summed E-state index contributed by atoms with van der Waals surface area (Å²) in [6.45, 7) is 0.514. The maximum absolute atomic E-state index is 13.7. The standard InChI is InChI=1S/C19H16F2N2O2/c20-14-6-7-16(17(21)10-14)18-11-15(23-25-18)12-19(24)22-9-8-13-4-2-1-3-5-13/h1-7,10-11H,8-9,12H2,(H,22,24). The first-order chi connectivity index (χ1) is 12.1. The minimum atomic E-state index is -0.741. The summed E-state index contributed by atoms with van der Waals surface area (Å²) in [4.78, 5) is 11.9. The van der Waals surface area contributed by atoms with Crippen molar-refractivity contribution in [3.63, 3.8) is 0 Å². The minimum absolute atomic E-state index is 0.0289. The average Bonchev–Trinajstić information content (AvgIpc) is 3.04. The van der Waals surface area contributed by atoms with E-state index in [1.54, 1.807) is 0 Å². The molecule has 2 aromatic carbocycles. The molecule has 128 valence electrons. The van der Waals surface area contributed by atoms with Crippen molar-refractivity contribution in [2.24, 2.45) is 0 Å². The molecule has 0 unspecified atom stereocenters. The normalized spacial score (nSPS) is 10.6. The summed E-state index contributed by atoms with van der Waals surface area (Å²) in [5.74, 6) is -1.45. The molecule has 0 fully saturated rings. The van der Waals surface area contributed by atoms with Gasteiger partial charge in [-0.15, -0.1) is 0 Å². The molecular weight excluding hydrogens is 326 g/mol. The number of carbonyl (C=O) groups excluding carboxylic acids is 1. The summed E-state index contributed by atoms with van der Waals surface area (Å²) >= 11 is 0. The molecule has 3 rings (SSSR count). The number of amides is 1. The Morgan fingerprint density at radius 3 is 2.64 bits per heavy atom. The molecule has 0 aliphatic heterocycles. The summed E-state index contributed by atoms with van der Waals surface area (Å²) in [6.07, 6.45) is 0.762. The third kappa shape index (κ3) is 4.50. The molecule has 1 amide bonds. The first-order valence-electron chi connectivity index (χ1n) is 7.83. The lowest BCUT2D eigenvalue weighted by molar-refractivity contribution is -0.120. The number of rotatable bonds is 6. The first-order valence-corrected chi connectivity index (χ1v) is 7.83. The van der Waals surface area contributed by atoms with E-state index in [0.29, 0.717) is 12.2 Å². The Morgan fingerprint density at radius 2 is 1.88 bits per heavy atom. The van der Waals surface area contributed by atoms with E-state index in [1.807, 2.05) is 30.3 Å². The first kappa shape index (κ1) is 16.8. The van der Waals surface area contributed by atoms with Gasteiger partial charge in [0.2, 0.25) is 5.91 Å². The van der Waals surface area contributed by atoms with Crippen molar-refractivity contribution < 1.29 is 18.1 Å². The predicted molar refractivity (Wildman–Crippen MR) is 88.7 cm³/mol. The lowest BCUT2D eigenvalue weighted by Crippen LogP contribution is -2.27. The van der Waals surface area contributed by atoms with Crippen LogP contribution in [0.15, 0.2) is 59.1 Å². The molecule has 0 aliphatic rings. The van der Waals surface area contributed by atoms with Gasteiger partial charge in [-0.2, -0.15) is 0 Å². The molecule has 0 atom stereocenters. The van der Waals surface area contributed by atoms with Crippen molar-refractivity contribution in [2.45, 2.75) is 12.8 Å². The van der Waals surface area contributed by atoms with Gasteiger partial charge in [0, 0.05) is 18.7 Å². The summed E-state index contributed by atoms with van der Waals surface area (Å²) in [5, 5.41) is 6.57. The van der Waals surface area contributed by atoms with Crippen LogP contribution in [0.25, 0.3) is 11.3 Å². The molecule has 3 aromatic rings. The van der Waals surface area contributed by atoms with Crippen molar-refractivity contribution in [1.82, 2.24) is 10.5 Å². The number of benzene rings is 2. The van der Waals surface area contributed by atoms with Gasteiger partial charge in [0.25, 0.3) is 0 Å². The summed E-state index contributed by atoms with van der Waals surface area (Å²) in [6, 6.07) is 14.5. The maximum Gasteiger partial charge on any atom is 0.226 e. The topological polar surface area (TPSA) is 55.1 Å². The van der Waals surface area contributed by atoms with Crippen LogP contribution in [0.5, 0.6) is 0 Å². The van der Waals surface area contributed by atoms with Gasteiger partial charge in [0.05, 0.1) is 17.7 Å². The second-order valence-electron chi connectivity index (χ2n) is 5.57. The molecule has 0 aliphatic carbocycles. The molecule has 25 heavy (non-hydrogen) atoms. The Kier molecular flexibility index (Phi) is 5.18. The fraction of sp³-hybridized carbons (Fsp3) is 0.158. The summed E-state index contributed by atoms with van der Waals surface area (Å²) in [7, 11) is 0. The van der Waals surface area contributed by atoms with Crippen LogP contribution in [0.2, 0.25) is 0 Å². The van der Waals surface area contributed by atoms with E-state index in [-0.39, 0.29) is 23.7 Å². The van der Waals surface area contributed by atoms with Crippen LogP contribution in [-0.4, -0.2) is 17.6 Å². The zero-order valence-electron chi connectivity index (χ0n) is 13.3. The van der Waals surface area contributed by atoms with E-state index in [9.17, 15) is 13.6 Å². The SMILES string of the molecule is O=C(Cc1cc(-c2ccc(F)cc2F)on1)NCCc1ccccc1. The third-order valence-electron chi connectivity index (χ3n) is 3.68. The number of halogens is 2. The molecule has 1 heterocycles. The Bertz CT molecular complexity index is 863. The van der Waals surface area contributed by atoms with Crippen molar-refractivity contribution in [3.8, 4) is 11.3 Å². The lowest BCUT2D eigenvalue weighted by atomic mass is 10.1. The zero-order valence-corrected chi connectivity index (χ0v) is 13.3. The van der Waals surface area contributed by atoms with Gasteiger partial charge in [-0.1, -0.05) is 35.5 Å². The summed E-state index contributed by atoms with van der Waals surface area (Å²) in [5.41, 5.74) is 1.62.